The van der Waals surface area contributed by atoms with Gasteiger partial charge in [-0.05, 0) is 25.5 Å². The van der Waals surface area contributed by atoms with Crippen LogP contribution in [0.5, 0.6) is 0 Å². The molecule has 0 spiro atoms. The quantitative estimate of drug-likeness (QED) is 0.804. The van der Waals surface area contributed by atoms with E-state index < -0.39 is 11.7 Å². The van der Waals surface area contributed by atoms with Crippen molar-refractivity contribution in [1.82, 2.24) is 14.5 Å². The van der Waals surface area contributed by atoms with Gasteiger partial charge in [-0.25, -0.2) is 4.98 Å². The Hall–Kier alpha value is -2.13. The number of fused-ring (bicyclic) bond motifs is 3. The zero-order valence-corrected chi connectivity index (χ0v) is 15.3. The Morgan fingerprint density at radius 1 is 1.41 bits per heavy atom. The molecule has 6 nitrogen and oxygen atoms in total. The van der Waals surface area contributed by atoms with Gasteiger partial charge in [0, 0.05) is 36.4 Å². The normalized spacial score (nSPS) is 15.9. The summed E-state index contributed by atoms with van der Waals surface area (Å²) in [5, 5.41) is 0.481. The first-order valence-corrected chi connectivity index (χ1v) is 8.84. The third-order valence-corrected chi connectivity index (χ3v) is 4.74. The van der Waals surface area contributed by atoms with E-state index in [1.807, 2.05) is 11.5 Å². The standard InChI is InChI=1S/C18H23F3N4O2/c1-11(22)10-27-6-3-16(26)24-4-5-25-15(9-24)12(2)14-7-13(18(19,20)21)8-23-17(14)25/h7-8,11H,3-6,9-10,22H2,1-2H3/t11-/m1/s1. The molecule has 9 heteroatoms. The van der Waals surface area contributed by atoms with Crippen LogP contribution in [0.25, 0.3) is 11.0 Å². The first-order valence-electron chi connectivity index (χ1n) is 8.84. The zero-order valence-electron chi connectivity index (χ0n) is 15.3. The molecule has 27 heavy (non-hydrogen) atoms. The predicted molar refractivity (Wildman–Crippen MR) is 94.0 cm³/mol. The van der Waals surface area contributed by atoms with Crippen LogP contribution in [0.15, 0.2) is 12.3 Å². The van der Waals surface area contributed by atoms with E-state index >= 15 is 0 Å². The van der Waals surface area contributed by atoms with Gasteiger partial charge in [-0.2, -0.15) is 13.2 Å². The van der Waals surface area contributed by atoms with Crippen molar-refractivity contribution in [2.75, 3.05) is 19.8 Å². The molecule has 0 bridgehead atoms. The highest BCUT2D eigenvalue weighted by molar-refractivity contribution is 5.83. The summed E-state index contributed by atoms with van der Waals surface area (Å²) < 4.78 is 46.2. The molecule has 2 aromatic heterocycles. The molecule has 1 amide bonds. The van der Waals surface area contributed by atoms with E-state index in [9.17, 15) is 18.0 Å². The Bertz CT molecular complexity index is 845. The highest BCUT2D eigenvalue weighted by Crippen LogP contribution is 2.34. The molecule has 1 aliphatic rings. The number of aryl methyl sites for hydroxylation is 1. The minimum Gasteiger partial charge on any atom is -0.379 e. The Morgan fingerprint density at radius 2 is 2.15 bits per heavy atom. The number of halogens is 3. The predicted octanol–water partition coefficient (Wildman–Crippen LogP) is 2.46. The van der Waals surface area contributed by atoms with E-state index in [2.05, 4.69) is 4.98 Å². The van der Waals surface area contributed by atoms with Gasteiger partial charge in [0.2, 0.25) is 5.91 Å². The molecule has 3 rings (SSSR count). The molecule has 2 aromatic rings. The second kappa shape index (κ2) is 7.47. The Morgan fingerprint density at radius 3 is 2.81 bits per heavy atom. The van der Waals surface area contributed by atoms with Gasteiger partial charge in [0.25, 0.3) is 0 Å². The molecule has 0 aliphatic carbocycles. The van der Waals surface area contributed by atoms with Crippen molar-refractivity contribution in [3.05, 3.63) is 29.1 Å². The minimum atomic E-state index is -4.43. The topological polar surface area (TPSA) is 73.4 Å². The first kappa shape index (κ1) is 19.6. The number of hydrogen-bond donors (Lipinski definition) is 1. The zero-order chi connectivity index (χ0) is 19.8. The summed E-state index contributed by atoms with van der Waals surface area (Å²) in [5.41, 5.74) is 6.92. The number of nitrogens with two attached hydrogens (primary N) is 1. The van der Waals surface area contributed by atoms with E-state index in [0.717, 1.165) is 23.5 Å². The Labute approximate surface area is 155 Å². The number of aromatic nitrogens is 2. The van der Waals surface area contributed by atoms with Crippen LogP contribution in [0.2, 0.25) is 0 Å². The van der Waals surface area contributed by atoms with Crippen molar-refractivity contribution in [1.29, 1.82) is 0 Å². The number of pyridine rings is 1. The maximum atomic E-state index is 13.0. The third kappa shape index (κ3) is 4.08. The van der Waals surface area contributed by atoms with Crippen LogP contribution in [-0.4, -0.2) is 46.2 Å². The number of nitrogens with zero attached hydrogens (tertiary/aromatic N) is 3. The Kier molecular flexibility index (Phi) is 5.43. The first-order chi connectivity index (χ1) is 12.7. The van der Waals surface area contributed by atoms with E-state index in [1.54, 1.807) is 11.8 Å². The molecule has 1 atom stereocenters. The van der Waals surface area contributed by atoms with Crippen molar-refractivity contribution < 1.29 is 22.7 Å². The van der Waals surface area contributed by atoms with Gasteiger partial charge in [0.05, 0.1) is 31.7 Å². The SMILES string of the molecule is Cc1c2n(c3ncc(C(F)(F)F)cc13)CCN(C(=O)CCOC[C@@H](C)N)C2. The number of rotatable bonds is 5. The van der Waals surface area contributed by atoms with Crippen molar-refractivity contribution in [3.8, 4) is 0 Å². The highest BCUT2D eigenvalue weighted by atomic mass is 19.4. The number of hydrogen-bond acceptors (Lipinski definition) is 4. The van der Waals surface area contributed by atoms with Crippen LogP contribution >= 0.6 is 0 Å². The van der Waals surface area contributed by atoms with Crippen LogP contribution in [0.4, 0.5) is 13.2 Å². The molecule has 0 aromatic carbocycles. The molecule has 0 saturated carbocycles. The van der Waals surface area contributed by atoms with E-state index in [-0.39, 0.29) is 18.4 Å². The monoisotopic (exact) mass is 384 g/mol. The van der Waals surface area contributed by atoms with E-state index in [1.165, 1.54) is 0 Å². The second-order valence-electron chi connectivity index (χ2n) is 6.93. The fourth-order valence-electron chi connectivity index (χ4n) is 3.31. The molecule has 0 radical (unpaired) electrons. The maximum Gasteiger partial charge on any atom is 0.417 e. The molecule has 0 fully saturated rings. The lowest BCUT2D eigenvalue weighted by molar-refractivity contribution is -0.137. The number of carbonyl (C=O) groups is 1. The molecule has 1 aliphatic heterocycles. The van der Waals surface area contributed by atoms with Gasteiger partial charge in [-0.3, -0.25) is 4.79 Å². The fourth-order valence-corrected chi connectivity index (χ4v) is 3.31. The van der Waals surface area contributed by atoms with Crippen LogP contribution in [-0.2, 0) is 28.8 Å². The lowest BCUT2D eigenvalue weighted by atomic mass is 10.1. The third-order valence-electron chi connectivity index (χ3n) is 4.74. The molecule has 0 saturated heterocycles. The molecular formula is C18H23F3N4O2. The van der Waals surface area contributed by atoms with Gasteiger partial charge in [0.1, 0.15) is 5.65 Å². The molecule has 3 heterocycles. The number of alkyl halides is 3. The van der Waals surface area contributed by atoms with Crippen molar-refractivity contribution in [2.45, 2.75) is 45.6 Å². The second-order valence-corrected chi connectivity index (χ2v) is 6.93. The van der Waals surface area contributed by atoms with E-state index in [4.69, 9.17) is 10.5 Å². The van der Waals surface area contributed by atoms with Gasteiger partial charge < -0.3 is 19.9 Å². The van der Waals surface area contributed by atoms with Crippen molar-refractivity contribution in [2.24, 2.45) is 5.73 Å². The van der Waals surface area contributed by atoms with Gasteiger partial charge in [0.15, 0.2) is 0 Å². The fraction of sp³-hybridized carbons (Fsp3) is 0.556. The lowest BCUT2D eigenvalue weighted by Crippen LogP contribution is -2.38. The summed E-state index contributed by atoms with van der Waals surface area (Å²) >= 11 is 0. The summed E-state index contributed by atoms with van der Waals surface area (Å²) in [7, 11) is 0. The summed E-state index contributed by atoms with van der Waals surface area (Å²) in [6.07, 6.45) is -3.32. The lowest BCUT2D eigenvalue weighted by Gasteiger charge is -2.29. The molecule has 2 N–H and O–H groups in total. The number of ether oxygens (including phenoxy) is 1. The van der Waals surface area contributed by atoms with Gasteiger partial charge in [-0.15, -0.1) is 0 Å². The number of amides is 1. The van der Waals surface area contributed by atoms with Gasteiger partial charge >= 0.3 is 6.18 Å². The maximum absolute atomic E-state index is 13.0. The summed E-state index contributed by atoms with van der Waals surface area (Å²) in [4.78, 5) is 18.2. The van der Waals surface area contributed by atoms with Crippen LogP contribution in [0.3, 0.4) is 0 Å². The molecular weight excluding hydrogens is 361 g/mol. The van der Waals surface area contributed by atoms with Gasteiger partial charge in [-0.1, -0.05) is 0 Å². The molecule has 0 unspecified atom stereocenters. The van der Waals surface area contributed by atoms with E-state index in [0.29, 0.717) is 43.9 Å². The summed E-state index contributed by atoms with van der Waals surface area (Å²) in [6.45, 7) is 5.65. The summed E-state index contributed by atoms with van der Waals surface area (Å²) in [6, 6.07) is 1.05. The molecule has 148 valence electrons. The minimum absolute atomic E-state index is 0.0421. The van der Waals surface area contributed by atoms with Crippen molar-refractivity contribution in [3.63, 3.8) is 0 Å². The average molecular weight is 384 g/mol. The highest BCUT2D eigenvalue weighted by Gasteiger charge is 2.33. The summed E-state index contributed by atoms with van der Waals surface area (Å²) in [5.74, 6) is -0.0421. The van der Waals surface area contributed by atoms with Crippen LogP contribution in [0.1, 0.15) is 30.2 Å². The van der Waals surface area contributed by atoms with Crippen LogP contribution in [0, 0.1) is 6.92 Å². The van der Waals surface area contributed by atoms with Crippen LogP contribution < -0.4 is 5.73 Å². The largest absolute Gasteiger partial charge is 0.417 e. The number of carbonyl (C=O) groups excluding carboxylic acids is 1. The average Bonchev–Trinajstić information content (AvgIpc) is 2.89. The van der Waals surface area contributed by atoms with Crippen molar-refractivity contribution >= 4 is 16.9 Å². The smallest absolute Gasteiger partial charge is 0.379 e. The Balaban J connectivity index is 1.76.